The van der Waals surface area contributed by atoms with Gasteiger partial charge in [-0.3, -0.25) is 4.79 Å². The molecule has 0 radical (unpaired) electrons. The van der Waals surface area contributed by atoms with Gasteiger partial charge in [0.05, 0.1) is 7.11 Å². The van der Waals surface area contributed by atoms with E-state index in [4.69, 9.17) is 4.74 Å². The number of hydrogen-bond acceptors (Lipinski definition) is 3. The zero-order chi connectivity index (χ0) is 17.6. The third-order valence-electron chi connectivity index (χ3n) is 3.92. The second kappa shape index (κ2) is 7.99. The number of nitrogens with one attached hydrogen (secondary N) is 1. The van der Waals surface area contributed by atoms with Gasteiger partial charge in [-0.2, -0.15) is 0 Å². The molecule has 3 aromatic carbocycles. The van der Waals surface area contributed by atoms with Gasteiger partial charge in [0.15, 0.2) is 5.78 Å². The van der Waals surface area contributed by atoms with Crippen LogP contribution in [0.25, 0.3) is 0 Å². The lowest BCUT2D eigenvalue weighted by Crippen LogP contribution is -2.21. The highest BCUT2D eigenvalue weighted by Gasteiger charge is 2.22. The minimum atomic E-state index is -0.469. The molecule has 0 aliphatic rings. The Morgan fingerprint density at radius 2 is 1.56 bits per heavy atom. The predicted molar refractivity (Wildman–Crippen MR) is 104 cm³/mol. The van der Waals surface area contributed by atoms with E-state index in [0.29, 0.717) is 5.56 Å². The largest absolute Gasteiger partial charge is 0.497 e. The highest BCUT2D eigenvalue weighted by molar-refractivity contribution is 9.10. The van der Waals surface area contributed by atoms with E-state index in [2.05, 4.69) is 21.2 Å². The quantitative estimate of drug-likeness (QED) is 0.560. The molecule has 3 rings (SSSR count). The maximum atomic E-state index is 13.1. The van der Waals surface area contributed by atoms with E-state index in [1.54, 1.807) is 7.11 Å². The average Bonchev–Trinajstić information content (AvgIpc) is 2.67. The summed E-state index contributed by atoms with van der Waals surface area (Å²) in [5.74, 6) is 0.805. The van der Waals surface area contributed by atoms with Gasteiger partial charge in [-0.15, -0.1) is 0 Å². The SMILES string of the molecule is COc1ccc(NC(C(=O)c2ccccc2)c2ccc(Br)cc2)cc1. The molecule has 3 aromatic rings. The molecular weight excluding hydrogens is 378 g/mol. The molecule has 1 atom stereocenters. The smallest absolute Gasteiger partial charge is 0.189 e. The van der Waals surface area contributed by atoms with Gasteiger partial charge >= 0.3 is 0 Å². The van der Waals surface area contributed by atoms with Crippen LogP contribution in [0.3, 0.4) is 0 Å². The maximum absolute atomic E-state index is 13.1. The topological polar surface area (TPSA) is 38.3 Å². The summed E-state index contributed by atoms with van der Waals surface area (Å²) in [4.78, 5) is 13.1. The molecule has 4 heteroatoms. The lowest BCUT2D eigenvalue weighted by atomic mass is 9.97. The molecule has 1 N–H and O–H groups in total. The fourth-order valence-electron chi connectivity index (χ4n) is 2.58. The van der Waals surface area contributed by atoms with E-state index in [1.807, 2.05) is 78.9 Å². The van der Waals surface area contributed by atoms with E-state index < -0.39 is 6.04 Å². The van der Waals surface area contributed by atoms with Gasteiger partial charge in [-0.25, -0.2) is 0 Å². The van der Waals surface area contributed by atoms with Crippen LogP contribution in [0, 0.1) is 0 Å². The van der Waals surface area contributed by atoms with Crippen molar-refractivity contribution < 1.29 is 9.53 Å². The molecule has 0 aliphatic heterocycles. The summed E-state index contributed by atoms with van der Waals surface area (Å²) in [7, 11) is 1.63. The number of carbonyl (C=O) groups is 1. The first-order valence-electron chi connectivity index (χ1n) is 7.92. The standard InChI is InChI=1S/C21H18BrNO2/c1-25-19-13-11-18(12-14-19)23-20(15-7-9-17(22)10-8-15)21(24)16-5-3-2-4-6-16/h2-14,20,23H,1H3. The molecule has 0 amide bonds. The first-order valence-corrected chi connectivity index (χ1v) is 8.72. The minimum Gasteiger partial charge on any atom is -0.497 e. The summed E-state index contributed by atoms with van der Waals surface area (Å²) in [6.07, 6.45) is 0. The zero-order valence-corrected chi connectivity index (χ0v) is 15.4. The zero-order valence-electron chi connectivity index (χ0n) is 13.8. The number of ether oxygens (including phenoxy) is 1. The van der Waals surface area contributed by atoms with Crippen molar-refractivity contribution in [3.05, 3.63) is 94.5 Å². The molecule has 0 aliphatic carbocycles. The number of hydrogen-bond donors (Lipinski definition) is 1. The molecule has 0 bridgehead atoms. The number of halogens is 1. The van der Waals surface area contributed by atoms with E-state index in [1.165, 1.54) is 0 Å². The van der Waals surface area contributed by atoms with Crippen molar-refractivity contribution in [2.24, 2.45) is 0 Å². The monoisotopic (exact) mass is 395 g/mol. The van der Waals surface area contributed by atoms with Crippen LogP contribution in [0.15, 0.2) is 83.3 Å². The van der Waals surface area contributed by atoms with Gasteiger partial charge < -0.3 is 10.1 Å². The summed E-state index contributed by atoms with van der Waals surface area (Å²) in [6.45, 7) is 0. The highest BCUT2D eigenvalue weighted by atomic mass is 79.9. The maximum Gasteiger partial charge on any atom is 0.189 e. The Labute approximate surface area is 155 Å². The molecule has 0 fully saturated rings. The van der Waals surface area contributed by atoms with Crippen molar-refractivity contribution in [1.29, 1.82) is 0 Å². The fraction of sp³-hybridized carbons (Fsp3) is 0.0952. The van der Waals surface area contributed by atoms with Crippen molar-refractivity contribution in [1.82, 2.24) is 0 Å². The van der Waals surface area contributed by atoms with Crippen LogP contribution in [0.1, 0.15) is 22.0 Å². The number of anilines is 1. The van der Waals surface area contributed by atoms with Gasteiger partial charge in [-0.1, -0.05) is 58.4 Å². The van der Waals surface area contributed by atoms with Crippen molar-refractivity contribution in [3.8, 4) is 5.75 Å². The van der Waals surface area contributed by atoms with E-state index >= 15 is 0 Å². The van der Waals surface area contributed by atoms with Crippen LogP contribution in [-0.2, 0) is 0 Å². The lowest BCUT2D eigenvalue weighted by molar-refractivity contribution is 0.0969. The third kappa shape index (κ3) is 4.28. The molecule has 0 aromatic heterocycles. The number of Topliss-reactive ketones (excluding diaryl/α,β-unsaturated/α-hetero) is 1. The van der Waals surface area contributed by atoms with Gasteiger partial charge in [0.2, 0.25) is 0 Å². The average molecular weight is 396 g/mol. The van der Waals surface area contributed by atoms with Gasteiger partial charge in [0.1, 0.15) is 11.8 Å². The van der Waals surface area contributed by atoms with Crippen LogP contribution in [-0.4, -0.2) is 12.9 Å². The third-order valence-corrected chi connectivity index (χ3v) is 4.45. The Morgan fingerprint density at radius 1 is 0.920 bits per heavy atom. The molecule has 1 unspecified atom stereocenters. The molecule has 25 heavy (non-hydrogen) atoms. The summed E-state index contributed by atoms with van der Waals surface area (Å²) in [5.41, 5.74) is 2.45. The van der Waals surface area contributed by atoms with E-state index in [9.17, 15) is 4.79 Å². The molecular formula is C21H18BrNO2. The fourth-order valence-corrected chi connectivity index (χ4v) is 2.84. The number of methoxy groups -OCH3 is 1. The summed E-state index contributed by atoms with van der Waals surface area (Å²) >= 11 is 3.44. The Morgan fingerprint density at radius 3 is 2.16 bits per heavy atom. The minimum absolute atomic E-state index is 0.0266. The first kappa shape index (κ1) is 17.2. The van der Waals surface area contributed by atoms with Crippen molar-refractivity contribution in [3.63, 3.8) is 0 Å². The highest BCUT2D eigenvalue weighted by Crippen LogP contribution is 2.26. The molecule has 0 saturated carbocycles. The molecule has 0 heterocycles. The number of ketones is 1. The number of carbonyl (C=O) groups excluding carboxylic acids is 1. The van der Waals surface area contributed by atoms with Gasteiger partial charge in [0, 0.05) is 15.7 Å². The summed E-state index contributed by atoms with van der Waals surface area (Å²) < 4.78 is 6.17. The second-order valence-corrected chi connectivity index (χ2v) is 6.50. The van der Waals surface area contributed by atoms with Gasteiger partial charge in [0.25, 0.3) is 0 Å². The molecule has 0 saturated heterocycles. The summed E-state index contributed by atoms with van der Waals surface area (Å²) in [6, 6.07) is 24.2. The van der Waals surface area contributed by atoms with Crippen LogP contribution in [0.4, 0.5) is 5.69 Å². The Bertz CT molecular complexity index is 830. The van der Waals surface area contributed by atoms with Crippen LogP contribution < -0.4 is 10.1 Å². The Hall–Kier alpha value is -2.59. The normalized spacial score (nSPS) is 11.6. The van der Waals surface area contributed by atoms with Crippen molar-refractivity contribution >= 4 is 27.4 Å². The van der Waals surface area contributed by atoms with Crippen LogP contribution >= 0.6 is 15.9 Å². The Kier molecular flexibility index (Phi) is 5.51. The first-order chi connectivity index (χ1) is 12.2. The van der Waals surface area contributed by atoms with Crippen LogP contribution in [0.5, 0.6) is 5.75 Å². The van der Waals surface area contributed by atoms with E-state index in [0.717, 1.165) is 21.5 Å². The lowest BCUT2D eigenvalue weighted by Gasteiger charge is -2.20. The predicted octanol–water partition coefficient (Wildman–Crippen LogP) is 5.49. The second-order valence-electron chi connectivity index (χ2n) is 5.59. The molecule has 126 valence electrons. The molecule has 0 spiro atoms. The summed E-state index contributed by atoms with van der Waals surface area (Å²) in [5, 5.41) is 3.34. The Balaban J connectivity index is 1.93. The van der Waals surface area contributed by atoms with E-state index in [-0.39, 0.29) is 5.78 Å². The number of rotatable bonds is 6. The molecule has 3 nitrogen and oxygen atoms in total. The number of benzene rings is 3. The van der Waals surface area contributed by atoms with Gasteiger partial charge in [-0.05, 0) is 42.0 Å². The van der Waals surface area contributed by atoms with Crippen LogP contribution in [0.2, 0.25) is 0 Å². The van der Waals surface area contributed by atoms with Crippen molar-refractivity contribution in [2.45, 2.75) is 6.04 Å². The van der Waals surface area contributed by atoms with Crippen molar-refractivity contribution in [2.75, 3.05) is 12.4 Å².